The molecule has 0 N–H and O–H groups in total. The molecule has 3 heteroatoms. The summed E-state index contributed by atoms with van der Waals surface area (Å²) in [5.41, 5.74) is 4.39. The van der Waals surface area contributed by atoms with Crippen LogP contribution in [0.1, 0.15) is 12.5 Å². The SMILES string of the molecule is CCc1cc2cc(Cl)ccc2nc1-c1cccc(Br)c1. The summed E-state index contributed by atoms with van der Waals surface area (Å²) < 4.78 is 1.06. The summed E-state index contributed by atoms with van der Waals surface area (Å²) in [6.45, 7) is 2.15. The maximum atomic E-state index is 6.06. The van der Waals surface area contributed by atoms with Crippen molar-refractivity contribution in [2.24, 2.45) is 0 Å². The van der Waals surface area contributed by atoms with Crippen molar-refractivity contribution in [3.8, 4) is 11.3 Å². The van der Waals surface area contributed by atoms with Crippen LogP contribution in [-0.2, 0) is 6.42 Å². The van der Waals surface area contributed by atoms with Crippen LogP contribution in [-0.4, -0.2) is 4.98 Å². The van der Waals surface area contributed by atoms with Gasteiger partial charge in [0.15, 0.2) is 0 Å². The molecule has 0 atom stereocenters. The molecule has 1 aromatic heterocycles. The van der Waals surface area contributed by atoms with E-state index in [2.05, 4.69) is 41.1 Å². The third-order valence-electron chi connectivity index (χ3n) is 3.33. The van der Waals surface area contributed by atoms with E-state index in [4.69, 9.17) is 16.6 Å². The van der Waals surface area contributed by atoms with E-state index < -0.39 is 0 Å². The highest BCUT2D eigenvalue weighted by atomic mass is 79.9. The van der Waals surface area contributed by atoms with Gasteiger partial charge in [-0.2, -0.15) is 0 Å². The van der Waals surface area contributed by atoms with Gasteiger partial charge in [0, 0.05) is 20.4 Å². The van der Waals surface area contributed by atoms with Gasteiger partial charge in [-0.05, 0) is 48.4 Å². The maximum absolute atomic E-state index is 6.06. The number of halogens is 2. The molecule has 0 fully saturated rings. The average molecular weight is 347 g/mol. The molecule has 3 aromatic rings. The Morgan fingerprint density at radius 3 is 2.70 bits per heavy atom. The summed E-state index contributed by atoms with van der Waals surface area (Å²) in [6, 6.07) is 16.3. The summed E-state index contributed by atoms with van der Waals surface area (Å²) in [5.74, 6) is 0. The fraction of sp³-hybridized carbons (Fsp3) is 0.118. The van der Waals surface area contributed by atoms with Crippen LogP contribution in [0.3, 0.4) is 0 Å². The number of pyridine rings is 1. The van der Waals surface area contributed by atoms with Crippen LogP contribution in [0, 0.1) is 0 Å². The van der Waals surface area contributed by atoms with E-state index in [0.29, 0.717) is 0 Å². The van der Waals surface area contributed by atoms with Crippen molar-refractivity contribution in [3.63, 3.8) is 0 Å². The predicted octanol–water partition coefficient (Wildman–Crippen LogP) is 5.88. The largest absolute Gasteiger partial charge is 0.248 e. The number of rotatable bonds is 2. The third-order valence-corrected chi connectivity index (χ3v) is 4.06. The molecule has 100 valence electrons. The molecule has 0 bridgehead atoms. The van der Waals surface area contributed by atoms with E-state index in [-0.39, 0.29) is 0 Å². The molecule has 3 rings (SSSR count). The molecular weight excluding hydrogens is 334 g/mol. The second kappa shape index (κ2) is 5.55. The number of fused-ring (bicyclic) bond motifs is 1. The number of aromatic nitrogens is 1. The van der Waals surface area contributed by atoms with Crippen molar-refractivity contribution in [3.05, 3.63) is 63.6 Å². The van der Waals surface area contributed by atoms with E-state index in [1.165, 1.54) is 5.56 Å². The van der Waals surface area contributed by atoms with Crippen LogP contribution in [0.4, 0.5) is 0 Å². The van der Waals surface area contributed by atoms with Crippen LogP contribution < -0.4 is 0 Å². The standard InChI is InChI=1S/C17H13BrClN/c1-2-11-8-13-10-15(19)6-7-16(13)20-17(11)12-4-3-5-14(18)9-12/h3-10H,2H2,1H3. The fourth-order valence-corrected chi connectivity index (χ4v) is 2.93. The molecule has 0 aliphatic heterocycles. The van der Waals surface area contributed by atoms with Crippen molar-refractivity contribution in [1.29, 1.82) is 0 Å². The quantitative estimate of drug-likeness (QED) is 0.564. The average Bonchev–Trinajstić information content (AvgIpc) is 2.45. The van der Waals surface area contributed by atoms with Crippen molar-refractivity contribution < 1.29 is 0 Å². The third kappa shape index (κ3) is 2.58. The first kappa shape index (κ1) is 13.6. The molecule has 0 spiro atoms. The molecule has 0 saturated carbocycles. The number of hydrogen-bond donors (Lipinski definition) is 0. The van der Waals surface area contributed by atoms with E-state index in [1.807, 2.05) is 30.3 Å². The van der Waals surface area contributed by atoms with Gasteiger partial charge in [-0.1, -0.05) is 46.6 Å². The Morgan fingerprint density at radius 1 is 1.10 bits per heavy atom. The van der Waals surface area contributed by atoms with E-state index >= 15 is 0 Å². The van der Waals surface area contributed by atoms with Gasteiger partial charge in [0.05, 0.1) is 11.2 Å². The molecule has 0 saturated heterocycles. The highest BCUT2D eigenvalue weighted by molar-refractivity contribution is 9.10. The Balaban J connectivity index is 2.26. The molecule has 1 nitrogen and oxygen atoms in total. The lowest BCUT2D eigenvalue weighted by Crippen LogP contribution is -1.93. The monoisotopic (exact) mass is 345 g/mol. The van der Waals surface area contributed by atoms with Crippen molar-refractivity contribution >= 4 is 38.4 Å². The Kier molecular flexibility index (Phi) is 3.77. The minimum absolute atomic E-state index is 0.747. The van der Waals surface area contributed by atoms with Gasteiger partial charge in [0.1, 0.15) is 0 Å². The Labute approximate surface area is 131 Å². The zero-order valence-electron chi connectivity index (χ0n) is 11.0. The second-order valence-electron chi connectivity index (χ2n) is 4.70. The molecule has 1 heterocycles. The van der Waals surface area contributed by atoms with Gasteiger partial charge in [-0.3, -0.25) is 0 Å². The Morgan fingerprint density at radius 2 is 1.95 bits per heavy atom. The Bertz CT molecular complexity index is 783. The topological polar surface area (TPSA) is 12.9 Å². The molecular formula is C17H13BrClN. The minimum Gasteiger partial charge on any atom is -0.248 e. The lowest BCUT2D eigenvalue weighted by Gasteiger charge is -2.10. The smallest absolute Gasteiger partial charge is 0.0741 e. The zero-order valence-corrected chi connectivity index (χ0v) is 13.4. The minimum atomic E-state index is 0.747. The van der Waals surface area contributed by atoms with Gasteiger partial charge < -0.3 is 0 Å². The molecule has 2 aromatic carbocycles. The number of aryl methyl sites for hydroxylation is 1. The van der Waals surface area contributed by atoms with Crippen molar-refractivity contribution in [2.45, 2.75) is 13.3 Å². The normalized spacial score (nSPS) is 10.9. The summed E-state index contributed by atoms with van der Waals surface area (Å²) >= 11 is 9.58. The number of hydrogen-bond acceptors (Lipinski definition) is 1. The first-order valence-corrected chi connectivity index (χ1v) is 7.69. The second-order valence-corrected chi connectivity index (χ2v) is 6.05. The van der Waals surface area contributed by atoms with Gasteiger partial charge >= 0.3 is 0 Å². The Hall–Kier alpha value is -1.38. The number of nitrogens with zero attached hydrogens (tertiary/aromatic N) is 1. The highest BCUT2D eigenvalue weighted by Crippen LogP contribution is 2.29. The van der Waals surface area contributed by atoms with Crippen LogP contribution in [0.5, 0.6) is 0 Å². The van der Waals surface area contributed by atoms with Gasteiger partial charge in [0.25, 0.3) is 0 Å². The predicted molar refractivity (Wildman–Crippen MR) is 89.3 cm³/mol. The molecule has 0 aliphatic carbocycles. The molecule has 0 unspecified atom stereocenters. The van der Waals surface area contributed by atoms with Crippen molar-refractivity contribution in [2.75, 3.05) is 0 Å². The molecule has 0 aliphatic rings. The highest BCUT2D eigenvalue weighted by Gasteiger charge is 2.08. The first-order chi connectivity index (χ1) is 9.67. The van der Waals surface area contributed by atoms with E-state index in [9.17, 15) is 0 Å². The van der Waals surface area contributed by atoms with Crippen molar-refractivity contribution in [1.82, 2.24) is 4.98 Å². The van der Waals surface area contributed by atoms with Crippen LogP contribution >= 0.6 is 27.5 Å². The van der Waals surface area contributed by atoms with Gasteiger partial charge in [-0.25, -0.2) is 4.98 Å². The zero-order chi connectivity index (χ0) is 14.1. The summed E-state index contributed by atoms with van der Waals surface area (Å²) in [7, 11) is 0. The van der Waals surface area contributed by atoms with Crippen LogP contribution in [0.15, 0.2) is 53.0 Å². The first-order valence-electron chi connectivity index (χ1n) is 6.52. The van der Waals surface area contributed by atoms with Crippen LogP contribution in [0.2, 0.25) is 5.02 Å². The fourth-order valence-electron chi connectivity index (χ4n) is 2.35. The van der Waals surface area contributed by atoms with Gasteiger partial charge in [-0.15, -0.1) is 0 Å². The lowest BCUT2D eigenvalue weighted by atomic mass is 10.0. The molecule has 0 amide bonds. The van der Waals surface area contributed by atoms with Gasteiger partial charge in [0.2, 0.25) is 0 Å². The number of benzene rings is 2. The summed E-state index contributed by atoms with van der Waals surface area (Å²) in [4.78, 5) is 4.82. The van der Waals surface area contributed by atoms with E-state index in [0.717, 1.165) is 38.1 Å². The lowest BCUT2D eigenvalue weighted by molar-refractivity contribution is 1.12. The molecule has 0 radical (unpaired) electrons. The van der Waals surface area contributed by atoms with Crippen LogP contribution in [0.25, 0.3) is 22.2 Å². The molecule has 20 heavy (non-hydrogen) atoms. The van der Waals surface area contributed by atoms with E-state index in [1.54, 1.807) is 0 Å². The summed E-state index contributed by atoms with van der Waals surface area (Å²) in [5, 5.41) is 1.84. The maximum Gasteiger partial charge on any atom is 0.0741 e. The summed E-state index contributed by atoms with van der Waals surface area (Å²) in [6.07, 6.45) is 0.942.